The number of carbonyl (C=O) groups excluding carboxylic acids is 3. The van der Waals surface area contributed by atoms with Crippen molar-refractivity contribution in [2.45, 2.75) is 87.6 Å². The molecule has 2 saturated heterocycles. The third-order valence-corrected chi connectivity index (χ3v) is 14.5. The number of hydrogen-bond donors (Lipinski definition) is 2. The number of hydrogen-bond acceptors (Lipinski definition) is 11. The zero-order chi connectivity index (χ0) is 34.8. The largest absolute Gasteiger partial charge is 0.461 e. The van der Waals surface area contributed by atoms with Gasteiger partial charge in [0.25, 0.3) is 0 Å². The lowest BCUT2D eigenvalue weighted by molar-refractivity contribution is -0.320. The van der Waals surface area contributed by atoms with E-state index in [0.29, 0.717) is 25.9 Å². The standard InChI is InChI=1S/C37H50N2O10/c1-7-38-17-34(18-49-32(42)20-10-8-9-11-23(20)39-26(40)14-19(2)31(39)41)13-12-25(46-4)36-22-15-21-24(45-3)16-35(43,27(22)28(21)47-5)37(44,33(36)38)30(48-6)29(34)36/h8-11,19,21-22,24-25,27-30,33,43-44H,7,12-18H2,1-6H3/t19-,21+,22+,24-,25-,27+,28-,29+,30-,33-,34-,35+,36-,37+/m0/s1. The van der Waals surface area contributed by atoms with Gasteiger partial charge in [-0.15, -0.1) is 0 Å². The van der Waals surface area contributed by atoms with E-state index in [1.165, 1.54) is 0 Å². The molecule has 7 aliphatic rings. The summed E-state index contributed by atoms with van der Waals surface area (Å²) in [7, 11) is 6.70. The summed E-state index contributed by atoms with van der Waals surface area (Å²) < 4.78 is 31.4. The summed E-state index contributed by atoms with van der Waals surface area (Å²) in [6.45, 7) is 4.95. The molecule has 1 spiro atoms. The van der Waals surface area contributed by atoms with Crippen molar-refractivity contribution in [1.82, 2.24) is 4.90 Å². The van der Waals surface area contributed by atoms with Crippen LogP contribution in [0, 0.1) is 40.4 Å². The first-order chi connectivity index (χ1) is 23.4. The molecule has 2 N–H and O–H groups in total. The second-order valence-corrected chi connectivity index (χ2v) is 16.0. The van der Waals surface area contributed by atoms with Gasteiger partial charge in [-0.25, -0.2) is 9.69 Å². The number of aliphatic hydroxyl groups is 2. The SMILES string of the molecule is CCN1C[C@]2(COC(=O)c3ccccc3N3C(=O)C[C@H](C)C3=O)CC[C@H](OC)[C@@]34[C@@H]5C[C@H]6[C@H](OC)[C@@H]5[C@](O)(C[C@@H]6OC)[C@@](O)([C@@H](OC)[C@H]23)[C@@H]14. The average Bonchev–Trinajstić information content (AvgIpc) is 3.63. The molecule has 0 radical (unpaired) electrons. The number of esters is 1. The number of likely N-dealkylation sites (N-methyl/N-ethyl adjacent to an activating group) is 1. The first kappa shape index (κ1) is 33.7. The van der Waals surface area contributed by atoms with Gasteiger partial charge in [-0.3, -0.25) is 14.5 Å². The van der Waals surface area contributed by atoms with E-state index in [9.17, 15) is 24.6 Å². The van der Waals surface area contributed by atoms with Crippen LogP contribution in [-0.2, 0) is 33.3 Å². The number of piperidine rings is 1. The van der Waals surface area contributed by atoms with Gasteiger partial charge >= 0.3 is 5.97 Å². The summed E-state index contributed by atoms with van der Waals surface area (Å²) in [6, 6.07) is 6.12. The zero-order valence-electron chi connectivity index (χ0n) is 29.3. The summed E-state index contributed by atoms with van der Waals surface area (Å²) in [6.07, 6.45) is 0.813. The summed E-state index contributed by atoms with van der Waals surface area (Å²) >= 11 is 0. The van der Waals surface area contributed by atoms with Gasteiger partial charge in [-0.1, -0.05) is 26.0 Å². The van der Waals surface area contributed by atoms with Crippen molar-refractivity contribution in [1.29, 1.82) is 0 Å². The smallest absolute Gasteiger partial charge is 0.340 e. The molecule has 1 aromatic carbocycles. The number of methoxy groups -OCH3 is 4. The number of amides is 2. The van der Waals surface area contributed by atoms with E-state index < -0.39 is 46.1 Å². The molecule has 2 aliphatic heterocycles. The van der Waals surface area contributed by atoms with Crippen molar-refractivity contribution in [3.8, 4) is 0 Å². The fourth-order valence-corrected chi connectivity index (χ4v) is 13.2. The molecule has 0 unspecified atom stereocenters. The fraction of sp³-hybridized carbons (Fsp3) is 0.757. The van der Waals surface area contributed by atoms with Crippen molar-refractivity contribution in [2.75, 3.05) is 53.0 Å². The molecular weight excluding hydrogens is 632 g/mol. The molecule has 7 bridgehead atoms. The second kappa shape index (κ2) is 11.3. The summed E-state index contributed by atoms with van der Waals surface area (Å²) in [5.41, 5.74) is -4.17. The highest BCUT2D eigenvalue weighted by Gasteiger charge is 2.91. The van der Waals surface area contributed by atoms with Crippen LogP contribution in [0.2, 0.25) is 0 Å². The Morgan fingerprint density at radius 3 is 2.43 bits per heavy atom. The minimum absolute atomic E-state index is 0.0358. The van der Waals surface area contributed by atoms with E-state index in [2.05, 4.69) is 11.8 Å². The maximum absolute atomic E-state index is 14.1. The van der Waals surface area contributed by atoms with Crippen LogP contribution in [0.25, 0.3) is 0 Å². The van der Waals surface area contributed by atoms with Crippen LogP contribution < -0.4 is 4.90 Å². The monoisotopic (exact) mass is 682 g/mol. The lowest BCUT2D eigenvalue weighted by atomic mass is 9.42. The molecule has 5 saturated carbocycles. The van der Waals surface area contributed by atoms with Gasteiger partial charge in [-0.2, -0.15) is 0 Å². The summed E-state index contributed by atoms with van der Waals surface area (Å²) in [5.74, 6) is -2.47. The van der Waals surface area contributed by atoms with E-state index in [4.69, 9.17) is 23.7 Å². The van der Waals surface area contributed by atoms with E-state index >= 15 is 0 Å². The van der Waals surface area contributed by atoms with Crippen molar-refractivity contribution < 1.29 is 48.3 Å². The van der Waals surface area contributed by atoms with Crippen LogP contribution in [0.1, 0.15) is 56.3 Å². The highest BCUT2D eigenvalue weighted by molar-refractivity contribution is 6.22. The Bertz CT molecular complexity index is 1560. The van der Waals surface area contributed by atoms with Gasteiger partial charge in [0.15, 0.2) is 0 Å². The van der Waals surface area contributed by atoms with Crippen LogP contribution in [-0.4, -0.2) is 123 Å². The molecule has 49 heavy (non-hydrogen) atoms. The maximum Gasteiger partial charge on any atom is 0.340 e. The quantitative estimate of drug-likeness (QED) is 0.292. The van der Waals surface area contributed by atoms with E-state index in [1.54, 1.807) is 59.6 Å². The zero-order valence-corrected chi connectivity index (χ0v) is 29.3. The molecular formula is C37H50N2O10. The molecule has 2 heterocycles. The first-order valence-corrected chi connectivity index (χ1v) is 17.9. The number of benzene rings is 1. The number of anilines is 1. The van der Waals surface area contributed by atoms with Crippen molar-refractivity contribution in [3.05, 3.63) is 29.8 Å². The van der Waals surface area contributed by atoms with E-state index in [1.807, 2.05) is 0 Å². The third-order valence-electron chi connectivity index (χ3n) is 14.5. The molecule has 12 nitrogen and oxygen atoms in total. The Balaban J connectivity index is 1.23. The number of nitrogens with zero attached hydrogens (tertiary/aromatic N) is 2. The van der Waals surface area contributed by atoms with Crippen molar-refractivity contribution >= 4 is 23.5 Å². The number of fused-ring (bicyclic) bond motifs is 2. The number of carbonyl (C=O) groups is 3. The van der Waals surface area contributed by atoms with Crippen molar-refractivity contribution in [3.63, 3.8) is 0 Å². The predicted molar refractivity (Wildman–Crippen MR) is 174 cm³/mol. The van der Waals surface area contributed by atoms with Crippen LogP contribution >= 0.6 is 0 Å². The number of rotatable bonds is 9. The van der Waals surface area contributed by atoms with Gasteiger partial charge in [0.05, 0.1) is 48.3 Å². The second-order valence-electron chi connectivity index (χ2n) is 16.0. The number of likely N-dealkylation sites (tertiary alicyclic amines) is 1. The molecule has 14 atom stereocenters. The minimum Gasteiger partial charge on any atom is -0.461 e. The molecule has 12 heteroatoms. The lowest BCUT2D eigenvalue weighted by Gasteiger charge is -2.70. The Hall–Kier alpha value is -2.45. The minimum atomic E-state index is -1.70. The van der Waals surface area contributed by atoms with Crippen LogP contribution in [0.4, 0.5) is 5.69 Å². The van der Waals surface area contributed by atoms with Gasteiger partial charge in [0, 0.05) is 82.3 Å². The summed E-state index contributed by atoms with van der Waals surface area (Å²) in [4.78, 5) is 43.3. The van der Waals surface area contributed by atoms with Crippen LogP contribution in [0.5, 0.6) is 0 Å². The van der Waals surface area contributed by atoms with E-state index in [-0.39, 0.29) is 84.5 Å². The van der Waals surface area contributed by atoms with Gasteiger partial charge in [0.1, 0.15) is 11.2 Å². The molecule has 8 rings (SSSR count). The molecule has 5 aliphatic carbocycles. The first-order valence-electron chi connectivity index (χ1n) is 17.9. The molecule has 0 aromatic heterocycles. The average molecular weight is 683 g/mol. The van der Waals surface area contributed by atoms with Gasteiger partial charge in [0.2, 0.25) is 11.8 Å². The van der Waals surface area contributed by atoms with E-state index in [0.717, 1.165) is 11.3 Å². The highest BCUT2D eigenvalue weighted by atomic mass is 16.5. The predicted octanol–water partition coefficient (Wildman–Crippen LogP) is 2.04. The molecule has 2 amide bonds. The lowest BCUT2D eigenvalue weighted by Crippen LogP contribution is -2.82. The van der Waals surface area contributed by atoms with Crippen LogP contribution in [0.15, 0.2) is 24.3 Å². The Morgan fingerprint density at radius 2 is 1.80 bits per heavy atom. The molecule has 7 fully saturated rings. The Kier molecular flexibility index (Phi) is 7.75. The molecule has 1 aromatic rings. The Morgan fingerprint density at radius 1 is 1.04 bits per heavy atom. The highest BCUT2D eigenvalue weighted by Crippen LogP contribution is 2.80. The normalized spacial score (nSPS) is 48.0. The summed E-state index contributed by atoms with van der Waals surface area (Å²) in [5, 5.41) is 26.6. The maximum atomic E-state index is 14.1. The van der Waals surface area contributed by atoms with Gasteiger partial charge in [-0.05, 0) is 43.9 Å². The number of para-hydroxylation sites is 1. The number of ether oxygens (including phenoxy) is 5. The molecule has 268 valence electrons. The van der Waals surface area contributed by atoms with Crippen LogP contribution in [0.3, 0.4) is 0 Å². The fourth-order valence-electron chi connectivity index (χ4n) is 13.2. The Labute approximate surface area is 287 Å². The third kappa shape index (κ3) is 3.86. The topological polar surface area (TPSA) is 144 Å². The number of imide groups is 1. The van der Waals surface area contributed by atoms with Crippen molar-refractivity contribution in [2.24, 2.45) is 40.4 Å². The van der Waals surface area contributed by atoms with Gasteiger partial charge < -0.3 is 33.9 Å².